The Bertz CT molecular complexity index is 468. The van der Waals surface area contributed by atoms with Gasteiger partial charge in [0.25, 0.3) is 0 Å². The molecule has 1 aliphatic carbocycles. The first kappa shape index (κ1) is 15.3. The number of rotatable bonds is 3. The Labute approximate surface area is 117 Å². The van der Waals surface area contributed by atoms with Crippen LogP contribution in [0.1, 0.15) is 44.7 Å². The van der Waals surface area contributed by atoms with Gasteiger partial charge in [0.05, 0.1) is 6.04 Å². The first-order valence-electron chi connectivity index (χ1n) is 7.03. The van der Waals surface area contributed by atoms with E-state index in [9.17, 15) is 13.2 Å². The Morgan fingerprint density at radius 1 is 1.05 bits per heavy atom. The summed E-state index contributed by atoms with van der Waals surface area (Å²) in [5.74, 6) is 2.97. The molecule has 2 nitrogen and oxygen atoms in total. The number of hydrogen-bond acceptors (Lipinski definition) is 2. The van der Waals surface area contributed by atoms with Crippen LogP contribution in [0, 0.1) is 35.2 Å². The fourth-order valence-corrected chi connectivity index (χ4v) is 3.54. The van der Waals surface area contributed by atoms with Crippen LogP contribution in [0.25, 0.3) is 0 Å². The van der Waals surface area contributed by atoms with Crippen LogP contribution in [-0.2, 0) is 0 Å². The lowest BCUT2D eigenvalue weighted by atomic mass is 9.72. The molecule has 0 radical (unpaired) electrons. The van der Waals surface area contributed by atoms with Crippen LogP contribution >= 0.6 is 0 Å². The fraction of sp³-hybridized carbons (Fsp3) is 0.600. The minimum Gasteiger partial charge on any atom is -0.271 e. The van der Waals surface area contributed by atoms with E-state index >= 15 is 0 Å². The largest absolute Gasteiger partial charge is 0.271 e. The van der Waals surface area contributed by atoms with Gasteiger partial charge in [0.1, 0.15) is 0 Å². The molecule has 1 fully saturated rings. The maximum Gasteiger partial charge on any atom is 0.194 e. The normalized spacial score (nSPS) is 28.4. The van der Waals surface area contributed by atoms with E-state index in [0.29, 0.717) is 11.8 Å². The van der Waals surface area contributed by atoms with Gasteiger partial charge in [-0.05, 0) is 43.1 Å². The molecule has 0 amide bonds. The number of hydrogen-bond donors (Lipinski definition) is 2. The zero-order valence-electron chi connectivity index (χ0n) is 11.8. The molecule has 20 heavy (non-hydrogen) atoms. The van der Waals surface area contributed by atoms with Crippen molar-refractivity contribution in [2.45, 2.75) is 39.2 Å². The minimum atomic E-state index is -1.43. The molecule has 1 aromatic carbocycles. The molecule has 0 heterocycles. The van der Waals surface area contributed by atoms with Gasteiger partial charge in [-0.3, -0.25) is 11.3 Å². The van der Waals surface area contributed by atoms with E-state index in [1.165, 1.54) is 6.07 Å². The zero-order valence-corrected chi connectivity index (χ0v) is 11.8. The average Bonchev–Trinajstić information content (AvgIpc) is 2.38. The van der Waals surface area contributed by atoms with Gasteiger partial charge in [-0.25, -0.2) is 13.2 Å². The third kappa shape index (κ3) is 2.99. The molecule has 3 N–H and O–H groups in total. The van der Waals surface area contributed by atoms with Crippen LogP contribution in [0.3, 0.4) is 0 Å². The van der Waals surface area contributed by atoms with Crippen molar-refractivity contribution < 1.29 is 13.2 Å². The molecule has 0 spiro atoms. The Balaban J connectivity index is 2.30. The average molecular weight is 286 g/mol. The van der Waals surface area contributed by atoms with Gasteiger partial charge in [0, 0.05) is 5.56 Å². The summed E-state index contributed by atoms with van der Waals surface area (Å²) in [5.41, 5.74) is 2.70. The maximum absolute atomic E-state index is 13.9. The Kier molecular flexibility index (Phi) is 4.70. The van der Waals surface area contributed by atoms with E-state index in [1.807, 2.05) is 0 Å². The van der Waals surface area contributed by atoms with Crippen molar-refractivity contribution in [3.05, 3.63) is 35.1 Å². The van der Waals surface area contributed by atoms with E-state index in [2.05, 4.69) is 19.3 Å². The molecule has 0 bridgehead atoms. The van der Waals surface area contributed by atoms with Gasteiger partial charge in [0.2, 0.25) is 0 Å². The van der Waals surface area contributed by atoms with E-state index in [0.717, 1.165) is 25.3 Å². The highest BCUT2D eigenvalue weighted by molar-refractivity contribution is 5.24. The van der Waals surface area contributed by atoms with E-state index in [4.69, 9.17) is 5.84 Å². The quantitative estimate of drug-likeness (QED) is 0.505. The van der Waals surface area contributed by atoms with Crippen molar-refractivity contribution in [2.24, 2.45) is 23.6 Å². The molecule has 112 valence electrons. The highest BCUT2D eigenvalue weighted by atomic mass is 19.2. The molecule has 2 rings (SSSR count). The summed E-state index contributed by atoms with van der Waals surface area (Å²) in [6.07, 6.45) is 2.93. The molecule has 1 aliphatic rings. The predicted octanol–water partition coefficient (Wildman–Crippen LogP) is 3.68. The zero-order chi connectivity index (χ0) is 14.9. The van der Waals surface area contributed by atoms with Crippen LogP contribution in [-0.4, -0.2) is 0 Å². The summed E-state index contributed by atoms with van der Waals surface area (Å²) >= 11 is 0. The van der Waals surface area contributed by atoms with Crippen LogP contribution in [0.5, 0.6) is 0 Å². The van der Waals surface area contributed by atoms with Crippen LogP contribution < -0.4 is 11.3 Å². The number of nitrogens with two attached hydrogens (primary N) is 1. The number of benzene rings is 1. The molecule has 0 saturated heterocycles. The van der Waals surface area contributed by atoms with Gasteiger partial charge in [-0.1, -0.05) is 19.9 Å². The van der Waals surface area contributed by atoms with Crippen molar-refractivity contribution in [1.82, 2.24) is 5.43 Å². The van der Waals surface area contributed by atoms with Crippen molar-refractivity contribution in [2.75, 3.05) is 0 Å². The lowest BCUT2D eigenvalue weighted by Gasteiger charge is -2.36. The molecular weight excluding hydrogens is 265 g/mol. The second-order valence-electron chi connectivity index (χ2n) is 6.09. The Hall–Kier alpha value is -1.07. The Morgan fingerprint density at radius 3 is 2.20 bits per heavy atom. The summed E-state index contributed by atoms with van der Waals surface area (Å²) in [6, 6.07) is 1.74. The van der Waals surface area contributed by atoms with E-state index < -0.39 is 23.5 Å². The second kappa shape index (κ2) is 6.14. The van der Waals surface area contributed by atoms with Crippen molar-refractivity contribution in [3.8, 4) is 0 Å². The number of halogens is 3. The van der Waals surface area contributed by atoms with Crippen molar-refractivity contribution >= 4 is 0 Å². The number of nitrogens with one attached hydrogen (secondary N) is 1. The lowest BCUT2D eigenvalue weighted by molar-refractivity contribution is 0.174. The summed E-state index contributed by atoms with van der Waals surface area (Å²) < 4.78 is 40.4. The molecule has 5 heteroatoms. The summed E-state index contributed by atoms with van der Waals surface area (Å²) in [5, 5.41) is 0. The third-order valence-electron chi connectivity index (χ3n) is 4.27. The molecule has 0 aromatic heterocycles. The summed E-state index contributed by atoms with van der Waals surface area (Å²) in [4.78, 5) is 0. The maximum atomic E-state index is 13.9. The van der Waals surface area contributed by atoms with Crippen LogP contribution in [0.2, 0.25) is 0 Å². The molecule has 1 aromatic rings. The van der Waals surface area contributed by atoms with E-state index in [-0.39, 0.29) is 11.5 Å². The monoisotopic (exact) mass is 286 g/mol. The first-order valence-corrected chi connectivity index (χ1v) is 7.03. The molecule has 3 atom stereocenters. The minimum absolute atomic E-state index is 0.109. The Morgan fingerprint density at radius 2 is 1.65 bits per heavy atom. The van der Waals surface area contributed by atoms with Crippen molar-refractivity contribution in [3.63, 3.8) is 0 Å². The van der Waals surface area contributed by atoms with Gasteiger partial charge in [0.15, 0.2) is 17.5 Å². The summed E-state index contributed by atoms with van der Waals surface area (Å²) in [7, 11) is 0. The molecule has 3 unspecified atom stereocenters. The second-order valence-corrected chi connectivity index (χ2v) is 6.09. The van der Waals surface area contributed by atoms with Gasteiger partial charge < -0.3 is 0 Å². The molecular formula is C15H21F3N2. The highest BCUT2D eigenvalue weighted by Crippen LogP contribution is 2.40. The smallest absolute Gasteiger partial charge is 0.194 e. The first-order chi connectivity index (χ1) is 9.43. The summed E-state index contributed by atoms with van der Waals surface area (Å²) in [6.45, 7) is 4.30. The SMILES string of the molecule is CC1CC(C)CC(C(NN)c2ccc(F)c(F)c2F)C1. The lowest BCUT2D eigenvalue weighted by Crippen LogP contribution is -2.37. The highest BCUT2D eigenvalue weighted by Gasteiger charge is 2.32. The third-order valence-corrected chi connectivity index (χ3v) is 4.27. The van der Waals surface area contributed by atoms with Gasteiger partial charge in [-0.2, -0.15) is 0 Å². The molecule has 0 aliphatic heterocycles. The van der Waals surface area contributed by atoms with Crippen molar-refractivity contribution in [1.29, 1.82) is 0 Å². The standard InChI is InChI=1S/C15H21F3N2/c1-8-5-9(2)7-10(6-8)15(20-19)11-3-4-12(16)14(18)13(11)17/h3-4,8-10,15,20H,5-7,19H2,1-2H3. The van der Waals surface area contributed by atoms with Crippen LogP contribution in [0.4, 0.5) is 13.2 Å². The topological polar surface area (TPSA) is 38.0 Å². The number of hydrazine groups is 1. The van der Waals surface area contributed by atoms with Gasteiger partial charge >= 0.3 is 0 Å². The van der Waals surface area contributed by atoms with Crippen LogP contribution in [0.15, 0.2) is 12.1 Å². The van der Waals surface area contributed by atoms with E-state index in [1.54, 1.807) is 0 Å². The van der Waals surface area contributed by atoms with Gasteiger partial charge in [-0.15, -0.1) is 0 Å². The fourth-order valence-electron chi connectivity index (χ4n) is 3.54. The predicted molar refractivity (Wildman–Crippen MR) is 72.0 cm³/mol. The molecule has 1 saturated carbocycles.